The summed E-state index contributed by atoms with van der Waals surface area (Å²) in [7, 11) is 0. The standard InChI is InChI=1S/C12H15N3/c1-9-4-3-5-11(8-13)12(9)15-7-6-14-10(15)2/h3-7H,8,13H2,1-2H3. The van der Waals surface area contributed by atoms with E-state index >= 15 is 0 Å². The van der Waals surface area contributed by atoms with Crippen LogP contribution in [0.25, 0.3) is 5.69 Å². The molecule has 0 saturated carbocycles. The third-order valence-corrected chi connectivity index (χ3v) is 2.61. The molecule has 2 N–H and O–H groups in total. The number of para-hydroxylation sites is 1. The van der Waals surface area contributed by atoms with Crippen LogP contribution in [0.4, 0.5) is 0 Å². The summed E-state index contributed by atoms with van der Waals surface area (Å²) in [5.74, 6) is 0.985. The number of benzene rings is 1. The van der Waals surface area contributed by atoms with Crippen molar-refractivity contribution in [3.63, 3.8) is 0 Å². The summed E-state index contributed by atoms with van der Waals surface area (Å²) in [5, 5.41) is 0. The molecule has 0 atom stereocenters. The second kappa shape index (κ2) is 3.87. The Bertz CT molecular complexity index is 471. The summed E-state index contributed by atoms with van der Waals surface area (Å²) in [5.41, 5.74) is 9.27. The summed E-state index contributed by atoms with van der Waals surface area (Å²) in [6.45, 7) is 4.63. The van der Waals surface area contributed by atoms with Crippen LogP contribution < -0.4 is 5.73 Å². The lowest BCUT2D eigenvalue weighted by molar-refractivity contribution is 0.927. The largest absolute Gasteiger partial charge is 0.326 e. The Morgan fingerprint density at radius 3 is 2.73 bits per heavy atom. The Hall–Kier alpha value is -1.61. The van der Waals surface area contributed by atoms with Crippen LogP contribution in [-0.2, 0) is 6.54 Å². The quantitative estimate of drug-likeness (QED) is 0.807. The van der Waals surface area contributed by atoms with E-state index in [1.165, 1.54) is 5.56 Å². The van der Waals surface area contributed by atoms with E-state index in [4.69, 9.17) is 5.73 Å². The molecule has 0 unspecified atom stereocenters. The van der Waals surface area contributed by atoms with Gasteiger partial charge in [0.15, 0.2) is 0 Å². The smallest absolute Gasteiger partial charge is 0.110 e. The minimum atomic E-state index is 0.550. The van der Waals surface area contributed by atoms with Gasteiger partial charge in [0.25, 0.3) is 0 Å². The lowest BCUT2D eigenvalue weighted by atomic mass is 10.1. The fraction of sp³-hybridized carbons (Fsp3) is 0.250. The molecule has 1 aromatic carbocycles. The molecule has 0 bridgehead atoms. The Labute approximate surface area is 89.6 Å². The summed E-state index contributed by atoms with van der Waals surface area (Å²) < 4.78 is 2.08. The number of nitrogens with two attached hydrogens (primary N) is 1. The number of hydrogen-bond acceptors (Lipinski definition) is 2. The van der Waals surface area contributed by atoms with E-state index in [2.05, 4.69) is 28.6 Å². The van der Waals surface area contributed by atoms with E-state index in [1.807, 2.05) is 25.4 Å². The van der Waals surface area contributed by atoms with Crippen LogP contribution in [0.2, 0.25) is 0 Å². The van der Waals surface area contributed by atoms with Gasteiger partial charge in [-0.2, -0.15) is 0 Å². The molecule has 78 valence electrons. The van der Waals surface area contributed by atoms with Crippen molar-refractivity contribution >= 4 is 0 Å². The average molecular weight is 201 g/mol. The molecular formula is C12H15N3. The SMILES string of the molecule is Cc1cccc(CN)c1-n1ccnc1C. The lowest BCUT2D eigenvalue weighted by Crippen LogP contribution is -2.07. The Morgan fingerprint density at radius 1 is 1.33 bits per heavy atom. The zero-order valence-electron chi connectivity index (χ0n) is 9.07. The summed E-state index contributed by atoms with van der Waals surface area (Å²) in [6.07, 6.45) is 3.78. The number of nitrogens with zero attached hydrogens (tertiary/aromatic N) is 2. The summed E-state index contributed by atoms with van der Waals surface area (Å²) in [6, 6.07) is 6.18. The van der Waals surface area contributed by atoms with E-state index in [0.717, 1.165) is 17.1 Å². The zero-order valence-corrected chi connectivity index (χ0v) is 9.07. The molecule has 2 aromatic rings. The van der Waals surface area contributed by atoms with Gasteiger partial charge >= 0.3 is 0 Å². The Morgan fingerprint density at radius 2 is 2.13 bits per heavy atom. The molecule has 2 rings (SSSR count). The van der Waals surface area contributed by atoms with Crippen molar-refractivity contribution < 1.29 is 0 Å². The molecular weight excluding hydrogens is 186 g/mol. The van der Waals surface area contributed by atoms with Crippen molar-refractivity contribution in [2.75, 3.05) is 0 Å². The zero-order chi connectivity index (χ0) is 10.8. The molecule has 0 saturated heterocycles. The molecule has 3 nitrogen and oxygen atoms in total. The molecule has 0 fully saturated rings. The van der Waals surface area contributed by atoms with Gasteiger partial charge in [0, 0.05) is 18.9 Å². The highest BCUT2D eigenvalue weighted by Gasteiger charge is 2.07. The van der Waals surface area contributed by atoms with Gasteiger partial charge in [-0.15, -0.1) is 0 Å². The number of imidazole rings is 1. The maximum absolute atomic E-state index is 5.74. The number of aryl methyl sites for hydroxylation is 2. The van der Waals surface area contributed by atoms with Gasteiger partial charge in [-0.25, -0.2) is 4.98 Å². The minimum absolute atomic E-state index is 0.550. The Balaban J connectivity index is 2.66. The highest BCUT2D eigenvalue weighted by molar-refractivity contribution is 5.48. The van der Waals surface area contributed by atoms with Gasteiger partial charge in [-0.1, -0.05) is 18.2 Å². The van der Waals surface area contributed by atoms with E-state index in [-0.39, 0.29) is 0 Å². The number of rotatable bonds is 2. The molecule has 1 aromatic heterocycles. The van der Waals surface area contributed by atoms with Crippen LogP contribution in [0.1, 0.15) is 17.0 Å². The monoisotopic (exact) mass is 201 g/mol. The first-order valence-corrected chi connectivity index (χ1v) is 5.03. The minimum Gasteiger partial charge on any atom is -0.326 e. The predicted octanol–water partition coefficient (Wildman–Crippen LogP) is 1.95. The van der Waals surface area contributed by atoms with Crippen LogP contribution in [-0.4, -0.2) is 9.55 Å². The van der Waals surface area contributed by atoms with Crippen molar-refractivity contribution in [3.05, 3.63) is 47.5 Å². The van der Waals surface area contributed by atoms with Crippen LogP contribution >= 0.6 is 0 Å². The van der Waals surface area contributed by atoms with Gasteiger partial charge in [-0.3, -0.25) is 0 Å². The van der Waals surface area contributed by atoms with Crippen LogP contribution in [0.3, 0.4) is 0 Å². The fourth-order valence-electron chi connectivity index (χ4n) is 1.84. The summed E-state index contributed by atoms with van der Waals surface area (Å²) >= 11 is 0. The van der Waals surface area contributed by atoms with Gasteiger partial charge in [0.2, 0.25) is 0 Å². The highest BCUT2D eigenvalue weighted by Crippen LogP contribution is 2.20. The molecule has 1 heterocycles. The van der Waals surface area contributed by atoms with Crippen molar-refractivity contribution in [3.8, 4) is 5.69 Å². The second-order valence-electron chi connectivity index (χ2n) is 3.63. The number of aromatic nitrogens is 2. The molecule has 3 heteroatoms. The molecule has 0 aliphatic carbocycles. The topological polar surface area (TPSA) is 43.8 Å². The lowest BCUT2D eigenvalue weighted by Gasteiger charge is -2.13. The van der Waals surface area contributed by atoms with E-state index < -0.39 is 0 Å². The van der Waals surface area contributed by atoms with E-state index in [9.17, 15) is 0 Å². The maximum atomic E-state index is 5.74. The normalized spacial score (nSPS) is 10.6. The highest BCUT2D eigenvalue weighted by atomic mass is 15.1. The van der Waals surface area contributed by atoms with Crippen LogP contribution in [0, 0.1) is 13.8 Å². The fourth-order valence-corrected chi connectivity index (χ4v) is 1.84. The van der Waals surface area contributed by atoms with Crippen LogP contribution in [0.15, 0.2) is 30.6 Å². The van der Waals surface area contributed by atoms with Gasteiger partial charge in [0.1, 0.15) is 5.82 Å². The summed E-state index contributed by atoms with van der Waals surface area (Å²) in [4.78, 5) is 4.23. The first kappa shape index (κ1) is 9.93. The van der Waals surface area contributed by atoms with Crippen molar-refractivity contribution in [1.82, 2.24) is 9.55 Å². The first-order valence-electron chi connectivity index (χ1n) is 5.03. The maximum Gasteiger partial charge on any atom is 0.110 e. The third kappa shape index (κ3) is 1.66. The van der Waals surface area contributed by atoms with E-state index in [1.54, 1.807) is 0 Å². The van der Waals surface area contributed by atoms with Gasteiger partial charge in [0.05, 0.1) is 5.69 Å². The van der Waals surface area contributed by atoms with Crippen molar-refractivity contribution in [2.24, 2.45) is 5.73 Å². The number of hydrogen-bond donors (Lipinski definition) is 1. The van der Waals surface area contributed by atoms with E-state index in [0.29, 0.717) is 6.54 Å². The molecule has 0 amide bonds. The molecule has 0 radical (unpaired) electrons. The predicted molar refractivity (Wildman–Crippen MR) is 60.9 cm³/mol. The molecule has 15 heavy (non-hydrogen) atoms. The van der Waals surface area contributed by atoms with Gasteiger partial charge in [-0.05, 0) is 25.0 Å². The van der Waals surface area contributed by atoms with Crippen molar-refractivity contribution in [2.45, 2.75) is 20.4 Å². The average Bonchev–Trinajstić information content (AvgIpc) is 2.64. The Kier molecular flexibility index (Phi) is 2.56. The second-order valence-corrected chi connectivity index (χ2v) is 3.63. The first-order chi connectivity index (χ1) is 7.24. The molecule has 0 aliphatic rings. The van der Waals surface area contributed by atoms with Crippen LogP contribution in [0.5, 0.6) is 0 Å². The molecule has 0 aliphatic heterocycles. The van der Waals surface area contributed by atoms with Crippen molar-refractivity contribution in [1.29, 1.82) is 0 Å². The third-order valence-electron chi connectivity index (χ3n) is 2.61. The molecule has 0 spiro atoms. The van der Waals surface area contributed by atoms with Gasteiger partial charge < -0.3 is 10.3 Å².